The minimum atomic E-state index is -0.332. The Labute approximate surface area is 193 Å². The molecule has 2 amide bonds. The number of anilines is 1. The molecule has 5 rings (SSSR count). The van der Waals surface area contributed by atoms with Crippen LogP contribution in [-0.4, -0.2) is 33.9 Å². The molecule has 2 aliphatic rings. The predicted molar refractivity (Wildman–Crippen MR) is 126 cm³/mol. The van der Waals surface area contributed by atoms with E-state index in [1.165, 1.54) is 0 Å². The summed E-state index contributed by atoms with van der Waals surface area (Å²) < 4.78 is 2.13. The van der Waals surface area contributed by atoms with Gasteiger partial charge in [-0.25, -0.2) is 0 Å². The van der Waals surface area contributed by atoms with Crippen LogP contribution in [0.15, 0.2) is 66.9 Å². The Balaban J connectivity index is 1.60. The number of aromatic nitrogens is 1. The highest BCUT2D eigenvalue weighted by atomic mass is 35.5. The highest BCUT2D eigenvalue weighted by Gasteiger charge is 2.40. The van der Waals surface area contributed by atoms with E-state index >= 15 is 0 Å². The molecule has 0 radical (unpaired) electrons. The van der Waals surface area contributed by atoms with Gasteiger partial charge in [-0.2, -0.15) is 0 Å². The first-order valence-corrected chi connectivity index (χ1v) is 11.5. The third-order valence-electron chi connectivity index (χ3n) is 6.22. The van der Waals surface area contributed by atoms with Crippen molar-refractivity contribution >= 4 is 29.1 Å². The maximum atomic E-state index is 13.9. The molecule has 1 atom stereocenters. The van der Waals surface area contributed by atoms with Gasteiger partial charge in [-0.05, 0) is 54.8 Å². The van der Waals surface area contributed by atoms with Gasteiger partial charge in [0.15, 0.2) is 0 Å². The van der Waals surface area contributed by atoms with Crippen molar-refractivity contribution in [3.8, 4) is 5.69 Å². The lowest BCUT2D eigenvalue weighted by atomic mass is 9.97. The van der Waals surface area contributed by atoms with E-state index in [1.807, 2.05) is 85.6 Å². The summed E-state index contributed by atoms with van der Waals surface area (Å²) in [7, 11) is 0. The van der Waals surface area contributed by atoms with E-state index in [0.717, 1.165) is 35.5 Å². The van der Waals surface area contributed by atoms with Gasteiger partial charge in [0.2, 0.25) is 11.8 Å². The van der Waals surface area contributed by atoms with Crippen LogP contribution in [0.5, 0.6) is 0 Å². The van der Waals surface area contributed by atoms with Crippen molar-refractivity contribution in [3.05, 3.63) is 83.1 Å². The van der Waals surface area contributed by atoms with Gasteiger partial charge in [0.1, 0.15) is 12.6 Å². The van der Waals surface area contributed by atoms with Crippen molar-refractivity contribution in [3.63, 3.8) is 0 Å². The molecule has 164 valence electrons. The lowest BCUT2D eigenvalue weighted by Crippen LogP contribution is -2.48. The first kappa shape index (κ1) is 20.8. The van der Waals surface area contributed by atoms with Gasteiger partial charge < -0.3 is 9.47 Å². The molecule has 3 aromatic rings. The quantitative estimate of drug-likeness (QED) is 0.538. The van der Waals surface area contributed by atoms with Crippen molar-refractivity contribution in [2.75, 3.05) is 11.4 Å². The topological polar surface area (TPSA) is 45.6 Å². The Morgan fingerprint density at radius 2 is 1.78 bits per heavy atom. The zero-order valence-corrected chi connectivity index (χ0v) is 19.0. The first-order chi connectivity index (χ1) is 15.5. The Bertz CT molecular complexity index is 1180. The molecule has 0 N–H and O–H groups in total. The number of carbonyl (C=O) groups is 2. The summed E-state index contributed by atoms with van der Waals surface area (Å²) in [5.74, 6) is -0.192. The van der Waals surface area contributed by atoms with E-state index in [2.05, 4.69) is 4.57 Å². The number of fused-ring (bicyclic) bond motifs is 3. The fourth-order valence-electron chi connectivity index (χ4n) is 4.58. The number of carbonyl (C=O) groups excluding carboxylic acids is 2. The number of benzene rings is 2. The standard InChI is InChI=1S/C26H26ClN3O2/c1-17(2)26(32)29(20-12-13-20)16-24(31)30-22-10-4-3-9-21(22)28-14-6-11-23(28)25(30)18-7-5-8-19(27)15-18/h3-11,14-15,17,20,25H,12-13,16H2,1-2H3. The van der Waals surface area contributed by atoms with Crippen LogP contribution >= 0.6 is 11.6 Å². The molecule has 1 aliphatic heterocycles. The van der Waals surface area contributed by atoms with Crippen LogP contribution in [0.1, 0.15) is 44.0 Å². The van der Waals surface area contributed by atoms with E-state index < -0.39 is 0 Å². The number of hydrogen-bond donors (Lipinski definition) is 0. The normalized spacial score (nSPS) is 17.1. The van der Waals surface area contributed by atoms with Gasteiger partial charge in [0.25, 0.3) is 0 Å². The average Bonchev–Trinajstić information content (AvgIpc) is 3.51. The maximum Gasteiger partial charge on any atom is 0.247 e. The van der Waals surface area contributed by atoms with Crippen molar-refractivity contribution in [1.82, 2.24) is 9.47 Å². The van der Waals surface area contributed by atoms with Gasteiger partial charge in [-0.15, -0.1) is 0 Å². The van der Waals surface area contributed by atoms with E-state index in [4.69, 9.17) is 11.6 Å². The molecular weight excluding hydrogens is 422 g/mol. The summed E-state index contributed by atoms with van der Waals surface area (Å²) >= 11 is 6.34. The monoisotopic (exact) mass is 447 g/mol. The number of amides is 2. The molecule has 0 bridgehead atoms. The number of hydrogen-bond acceptors (Lipinski definition) is 2. The number of para-hydroxylation sites is 2. The smallest absolute Gasteiger partial charge is 0.247 e. The molecule has 1 unspecified atom stereocenters. The van der Waals surface area contributed by atoms with Gasteiger partial charge in [-0.3, -0.25) is 14.5 Å². The average molecular weight is 448 g/mol. The minimum absolute atomic E-state index is 0.0359. The highest BCUT2D eigenvalue weighted by Crippen LogP contribution is 2.43. The number of nitrogens with zero attached hydrogens (tertiary/aromatic N) is 3. The van der Waals surface area contributed by atoms with Crippen LogP contribution in [0.25, 0.3) is 5.69 Å². The molecule has 0 spiro atoms. The summed E-state index contributed by atoms with van der Waals surface area (Å²) in [5.41, 5.74) is 3.71. The van der Waals surface area contributed by atoms with E-state index in [9.17, 15) is 9.59 Å². The van der Waals surface area contributed by atoms with E-state index in [0.29, 0.717) is 5.02 Å². The third-order valence-corrected chi connectivity index (χ3v) is 6.46. The second-order valence-electron chi connectivity index (χ2n) is 8.87. The molecule has 1 saturated carbocycles. The molecule has 1 fully saturated rings. The summed E-state index contributed by atoms with van der Waals surface area (Å²) in [6.07, 6.45) is 3.94. The molecule has 1 aliphatic carbocycles. The van der Waals surface area contributed by atoms with Crippen molar-refractivity contribution in [2.45, 2.75) is 38.8 Å². The lowest BCUT2D eigenvalue weighted by molar-refractivity contribution is -0.138. The SMILES string of the molecule is CC(C)C(=O)N(CC(=O)N1c2ccccc2-n2cccc2C1c1cccc(Cl)c1)C1CC1. The highest BCUT2D eigenvalue weighted by molar-refractivity contribution is 6.30. The lowest BCUT2D eigenvalue weighted by Gasteiger charge is -2.39. The van der Waals surface area contributed by atoms with Crippen molar-refractivity contribution < 1.29 is 9.59 Å². The van der Waals surface area contributed by atoms with Gasteiger partial charge in [-0.1, -0.05) is 49.7 Å². The Morgan fingerprint density at radius 3 is 2.47 bits per heavy atom. The van der Waals surface area contributed by atoms with E-state index in [-0.39, 0.29) is 36.4 Å². The van der Waals surface area contributed by atoms with E-state index in [1.54, 1.807) is 4.90 Å². The number of halogens is 1. The van der Waals surface area contributed by atoms with Crippen LogP contribution in [0, 0.1) is 5.92 Å². The predicted octanol–water partition coefficient (Wildman–Crippen LogP) is 5.21. The summed E-state index contributed by atoms with van der Waals surface area (Å²) in [6.45, 7) is 3.86. The summed E-state index contributed by atoms with van der Waals surface area (Å²) in [4.78, 5) is 30.4. The molecule has 5 nitrogen and oxygen atoms in total. The molecule has 0 saturated heterocycles. The molecule has 6 heteroatoms. The van der Waals surface area contributed by atoms with Crippen molar-refractivity contribution in [2.24, 2.45) is 5.92 Å². The molecule has 2 aromatic carbocycles. The van der Waals surface area contributed by atoms with Crippen LogP contribution in [0.4, 0.5) is 5.69 Å². The van der Waals surface area contributed by atoms with Gasteiger partial charge in [0, 0.05) is 23.2 Å². The van der Waals surface area contributed by atoms with Gasteiger partial charge >= 0.3 is 0 Å². The third kappa shape index (κ3) is 3.61. The molecule has 1 aromatic heterocycles. The summed E-state index contributed by atoms with van der Waals surface area (Å²) in [6, 6.07) is 19.4. The maximum absolute atomic E-state index is 13.9. The fraction of sp³-hybridized carbons (Fsp3) is 0.308. The second-order valence-corrected chi connectivity index (χ2v) is 9.30. The zero-order chi connectivity index (χ0) is 22.4. The second kappa shape index (κ2) is 8.14. The largest absolute Gasteiger partial charge is 0.330 e. The fourth-order valence-corrected chi connectivity index (χ4v) is 4.78. The Morgan fingerprint density at radius 1 is 1.03 bits per heavy atom. The van der Waals surface area contributed by atoms with Crippen LogP contribution in [-0.2, 0) is 9.59 Å². The van der Waals surface area contributed by atoms with Crippen molar-refractivity contribution in [1.29, 1.82) is 0 Å². The minimum Gasteiger partial charge on any atom is -0.330 e. The molecular formula is C26H26ClN3O2. The first-order valence-electron chi connectivity index (χ1n) is 11.1. The molecule has 2 heterocycles. The molecule has 32 heavy (non-hydrogen) atoms. The zero-order valence-electron chi connectivity index (χ0n) is 18.2. The van der Waals surface area contributed by atoms with Crippen LogP contribution in [0.2, 0.25) is 5.02 Å². The summed E-state index contributed by atoms with van der Waals surface area (Å²) in [5, 5.41) is 0.626. The number of rotatable bonds is 5. The van der Waals surface area contributed by atoms with Crippen LogP contribution in [0.3, 0.4) is 0 Å². The van der Waals surface area contributed by atoms with Gasteiger partial charge in [0.05, 0.1) is 17.1 Å². The Hall–Kier alpha value is -3.05. The Kier molecular flexibility index (Phi) is 5.30. The van der Waals surface area contributed by atoms with Crippen LogP contribution < -0.4 is 4.90 Å².